The summed E-state index contributed by atoms with van der Waals surface area (Å²) in [5.41, 5.74) is -0.434. The highest BCUT2D eigenvalue weighted by molar-refractivity contribution is 5.56. The summed E-state index contributed by atoms with van der Waals surface area (Å²) in [4.78, 5) is 9.69. The lowest BCUT2D eigenvalue weighted by molar-refractivity contribution is -0.385. The highest BCUT2D eigenvalue weighted by atomic mass is 19.3. The number of nitrogens with zero attached hydrogens (tertiary/aromatic N) is 1. The zero-order chi connectivity index (χ0) is 11.4. The lowest BCUT2D eigenvalue weighted by atomic mass is 10.1. The quantitative estimate of drug-likeness (QED) is 0.621. The van der Waals surface area contributed by atoms with Crippen LogP contribution in [0.4, 0.5) is 20.2 Å². The molecule has 6 heteroatoms. The van der Waals surface area contributed by atoms with E-state index in [4.69, 9.17) is 0 Å². The molecule has 4 nitrogen and oxygen atoms in total. The van der Waals surface area contributed by atoms with Crippen LogP contribution in [0.3, 0.4) is 0 Å². The van der Waals surface area contributed by atoms with Crippen molar-refractivity contribution in [3.8, 4) is 0 Å². The summed E-state index contributed by atoms with van der Waals surface area (Å²) < 4.78 is 25.1. The molecule has 1 aromatic carbocycles. The third kappa shape index (κ3) is 2.61. The van der Waals surface area contributed by atoms with E-state index in [1.165, 1.54) is 12.1 Å². The minimum absolute atomic E-state index is 0.234. The third-order valence-corrected chi connectivity index (χ3v) is 1.85. The summed E-state index contributed by atoms with van der Waals surface area (Å²) in [6.45, 7) is 2.24. The Bertz CT molecular complexity index is 369. The predicted octanol–water partition coefficient (Wildman–Crippen LogP) is 2.96. The van der Waals surface area contributed by atoms with Crippen LogP contribution in [0.5, 0.6) is 0 Å². The van der Waals surface area contributed by atoms with Crippen LogP contribution in [0.15, 0.2) is 18.2 Å². The molecule has 0 saturated carbocycles. The maximum absolute atomic E-state index is 12.5. The van der Waals surface area contributed by atoms with Crippen LogP contribution in [0.25, 0.3) is 0 Å². The number of anilines is 1. The number of non-ortho nitro benzene ring substituents is 1. The zero-order valence-corrected chi connectivity index (χ0v) is 8.04. The first-order valence-electron chi connectivity index (χ1n) is 4.36. The van der Waals surface area contributed by atoms with Gasteiger partial charge in [-0.2, -0.15) is 0 Å². The molecule has 0 aliphatic rings. The largest absolute Gasteiger partial charge is 0.385 e. The Labute approximate surface area is 85.1 Å². The summed E-state index contributed by atoms with van der Waals surface area (Å²) in [5, 5.41) is 13.1. The van der Waals surface area contributed by atoms with Gasteiger partial charge in [-0.25, -0.2) is 8.78 Å². The molecule has 0 aromatic heterocycles. The van der Waals surface area contributed by atoms with E-state index >= 15 is 0 Å². The van der Waals surface area contributed by atoms with Gasteiger partial charge < -0.3 is 5.32 Å². The summed E-state index contributed by atoms with van der Waals surface area (Å²) in [7, 11) is 0. The minimum atomic E-state index is -2.72. The Hall–Kier alpha value is -1.72. The average Bonchev–Trinajstić information content (AvgIpc) is 2.18. The highest BCUT2D eigenvalue weighted by Gasteiger charge is 2.17. The van der Waals surface area contributed by atoms with Gasteiger partial charge in [-0.3, -0.25) is 10.1 Å². The first kappa shape index (κ1) is 11.4. The first-order chi connectivity index (χ1) is 7.06. The van der Waals surface area contributed by atoms with Gasteiger partial charge >= 0.3 is 0 Å². The summed E-state index contributed by atoms with van der Waals surface area (Å²) in [6.07, 6.45) is -2.72. The number of hydrogen-bond donors (Lipinski definition) is 1. The number of alkyl halides is 2. The molecule has 1 aromatic rings. The molecule has 0 unspecified atom stereocenters. The summed E-state index contributed by atoms with van der Waals surface area (Å²) in [6, 6.07) is 3.38. The molecule has 0 spiro atoms. The number of hydrogen-bond acceptors (Lipinski definition) is 3. The zero-order valence-electron chi connectivity index (χ0n) is 8.04. The lowest BCUT2D eigenvalue weighted by Gasteiger charge is -2.09. The van der Waals surface area contributed by atoms with Crippen LogP contribution in [-0.4, -0.2) is 11.5 Å². The molecule has 82 valence electrons. The van der Waals surface area contributed by atoms with Gasteiger partial charge in [-0.15, -0.1) is 0 Å². The van der Waals surface area contributed by atoms with E-state index in [9.17, 15) is 18.9 Å². The molecule has 0 atom stereocenters. The van der Waals surface area contributed by atoms with Gasteiger partial charge in [-0.05, 0) is 13.0 Å². The van der Waals surface area contributed by atoms with Gasteiger partial charge in [0.2, 0.25) is 0 Å². The Morgan fingerprint density at radius 3 is 2.67 bits per heavy atom. The van der Waals surface area contributed by atoms with Crippen molar-refractivity contribution < 1.29 is 13.7 Å². The molecule has 0 aliphatic heterocycles. The second-order valence-electron chi connectivity index (χ2n) is 2.86. The fourth-order valence-corrected chi connectivity index (χ4v) is 1.20. The van der Waals surface area contributed by atoms with E-state index in [1.54, 1.807) is 6.92 Å². The van der Waals surface area contributed by atoms with Crippen molar-refractivity contribution in [3.05, 3.63) is 33.9 Å². The molecule has 0 saturated heterocycles. The Kier molecular flexibility index (Phi) is 3.54. The van der Waals surface area contributed by atoms with E-state index in [1.807, 2.05) is 0 Å². The van der Waals surface area contributed by atoms with E-state index in [2.05, 4.69) is 5.32 Å². The second-order valence-corrected chi connectivity index (χ2v) is 2.86. The SMILES string of the molecule is CCNc1ccc([N+](=O)[O-])cc1C(F)F. The first-order valence-corrected chi connectivity index (χ1v) is 4.36. The number of benzene rings is 1. The molecule has 0 bridgehead atoms. The maximum atomic E-state index is 12.5. The molecule has 0 aliphatic carbocycles. The van der Waals surface area contributed by atoms with Crippen molar-refractivity contribution in [1.29, 1.82) is 0 Å². The van der Waals surface area contributed by atoms with Crippen molar-refractivity contribution >= 4 is 11.4 Å². The number of halogens is 2. The Balaban J connectivity index is 3.14. The molecule has 1 rings (SSSR count). The van der Waals surface area contributed by atoms with Gasteiger partial charge in [-0.1, -0.05) is 0 Å². The number of rotatable bonds is 4. The van der Waals surface area contributed by atoms with Crippen LogP contribution < -0.4 is 5.32 Å². The molecule has 0 fully saturated rings. The maximum Gasteiger partial charge on any atom is 0.270 e. The molecule has 0 radical (unpaired) electrons. The van der Waals surface area contributed by atoms with Gasteiger partial charge in [0.05, 0.1) is 4.92 Å². The van der Waals surface area contributed by atoms with E-state index in [-0.39, 0.29) is 16.9 Å². The topological polar surface area (TPSA) is 55.2 Å². The molecular formula is C9H10F2N2O2. The fourth-order valence-electron chi connectivity index (χ4n) is 1.20. The van der Waals surface area contributed by atoms with Gasteiger partial charge in [0, 0.05) is 29.9 Å². The molecule has 1 N–H and O–H groups in total. The van der Waals surface area contributed by atoms with Crippen molar-refractivity contribution in [2.24, 2.45) is 0 Å². The van der Waals surface area contributed by atoms with E-state index < -0.39 is 11.3 Å². The van der Waals surface area contributed by atoms with Crippen LogP contribution in [0.1, 0.15) is 18.9 Å². The normalized spacial score (nSPS) is 10.4. The summed E-state index contributed by atoms with van der Waals surface area (Å²) in [5.74, 6) is 0. The standard InChI is InChI=1S/C9H10F2N2O2/c1-2-12-8-4-3-6(13(14)15)5-7(8)9(10)11/h3-5,9,12H,2H2,1H3. The molecular weight excluding hydrogens is 206 g/mol. The van der Waals surface area contributed by atoms with Crippen molar-refractivity contribution in [2.45, 2.75) is 13.3 Å². The van der Waals surface area contributed by atoms with Crippen LogP contribution in [-0.2, 0) is 0 Å². The number of nitrogens with one attached hydrogen (secondary N) is 1. The fraction of sp³-hybridized carbons (Fsp3) is 0.333. The summed E-state index contributed by atoms with van der Waals surface area (Å²) >= 11 is 0. The van der Waals surface area contributed by atoms with Gasteiger partial charge in [0.1, 0.15) is 0 Å². The van der Waals surface area contributed by atoms with Crippen molar-refractivity contribution in [1.82, 2.24) is 0 Å². The van der Waals surface area contributed by atoms with Crippen LogP contribution in [0.2, 0.25) is 0 Å². The smallest absolute Gasteiger partial charge is 0.270 e. The molecule has 0 amide bonds. The monoisotopic (exact) mass is 216 g/mol. The van der Waals surface area contributed by atoms with Crippen molar-refractivity contribution in [2.75, 3.05) is 11.9 Å². The van der Waals surface area contributed by atoms with Gasteiger partial charge in [0.25, 0.3) is 12.1 Å². The Morgan fingerprint density at radius 1 is 1.53 bits per heavy atom. The van der Waals surface area contributed by atoms with E-state index in [0.29, 0.717) is 6.54 Å². The molecule has 0 heterocycles. The van der Waals surface area contributed by atoms with Crippen molar-refractivity contribution in [3.63, 3.8) is 0 Å². The van der Waals surface area contributed by atoms with E-state index in [0.717, 1.165) is 6.07 Å². The highest BCUT2D eigenvalue weighted by Crippen LogP contribution is 2.30. The second kappa shape index (κ2) is 4.68. The van der Waals surface area contributed by atoms with Gasteiger partial charge in [0.15, 0.2) is 0 Å². The van der Waals surface area contributed by atoms with Crippen LogP contribution >= 0.6 is 0 Å². The average molecular weight is 216 g/mol. The predicted molar refractivity (Wildman–Crippen MR) is 52.2 cm³/mol. The Morgan fingerprint density at radius 2 is 2.20 bits per heavy atom. The van der Waals surface area contributed by atoms with Crippen LogP contribution in [0, 0.1) is 10.1 Å². The lowest BCUT2D eigenvalue weighted by Crippen LogP contribution is -2.02. The third-order valence-electron chi connectivity index (χ3n) is 1.85. The minimum Gasteiger partial charge on any atom is -0.385 e. The number of nitro groups is 1. The molecule has 15 heavy (non-hydrogen) atoms. The number of nitro benzene ring substituents is 1.